The molecule has 0 spiro atoms. The summed E-state index contributed by atoms with van der Waals surface area (Å²) in [5.74, 6) is -0.962. The topological polar surface area (TPSA) is 43.4 Å². The minimum atomic E-state index is -0.540. The van der Waals surface area contributed by atoms with Crippen molar-refractivity contribution in [3.63, 3.8) is 0 Å². The van der Waals surface area contributed by atoms with Gasteiger partial charge in [-0.3, -0.25) is 9.59 Å². The molecule has 0 rings (SSSR count). The molecule has 0 aliphatic heterocycles. The van der Waals surface area contributed by atoms with Crippen LogP contribution < -0.4 is 0 Å². The Morgan fingerprint density at radius 3 is 2.12 bits per heavy atom. The summed E-state index contributed by atoms with van der Waals surface area (Å²) in [4.78, 5) is 22.7. The molecule has 1 unspecified atom stereocenters. The van der Waals surface area contributed by atoms with E-state index >= 15 is 0 Å². The molecular formula is C12H24O3Sn. The fraction of sp³-hybridized carbons (Fsp3) is 0.833. The number of carbonyl (C=O) groups excluding carboxylic acids is 2. The van der Waals surface area contributed by atoms with E-state index < -0.39 is 5.92 Å². The van der Waals surface area contributed by atoms with Crippen LogP contribution in [0.25, 0.3) is 0 Å². The number of rotatable bonds is 8. The van der Waals surface area contributed by atoms with Crippen LogP contribution in [-0.4, -0.2) is 42.3 Å². The van der Waals surface area contributed by atoms with Crippen LogP contribution in [0.15, 0.2) is 0 Å². The van der Waals surface area contributed by atoms with Gasteiger partial charge < -0.3 is 4.74 Å². The maximum absolute atomic E-state index is 11.5. The quantitative estimate of drug-likeness (QED) is 0.294. The van der Waals surface area contributed by atoms with Gasteiger partial charge in [0.1, 0.15) is 11.7 Å². The molecule has 4 heteroatoms. The first-order valence-corrected chi connectivity index (χ1v) is 5.80. The second-order valence-electron chi connectivity index (χ2n) is 3.83. The summed E-state index contributed by atoms with van der Waals surface area (Å²) in [6.45, 7) is 5.97. The molecule has 0 aromatic heterocycles. The van der Waals surface area contributed by atoms with Crippen LogP contribution in [0.3, 0.4) is 0 Å². The molecule has 0 aliphatic carbocycles. The predicted molar refractivity (Wildman–Crippen MR) is 68.1 cm³/mol. The number of unbranched alkanes of at least 4 members (excludes halogenated alkanes) is 2. The molecule has 0 saturated heterocycles. The molecule has 1 atom stereocenters. The Bertz CT molecular complexity index is 204. The number of Topliss-reactive ketones (excluding diaryl/α,β-unsaturated/α-hetero) is 1. The van der Waals surface area contributed by atoms with Gasteiger partial charge in [-0.05, 0) is 19.8 Å². The van der Waals surface area contributed by atoms with Gasteiger partial charge in [0.2, 0.25) is 0 Å². The molecule has 0 aromatic rings. The monoisotopic (exact) mass is 336 g/mol. The summed E-state index contributed by atoms with van der Waals surface area (Å²) in [5, 5.41) is 0. The molecule has 0 amide bonds. The Morgan fingerprint density at radius 2 is 1.69 bits per heavy atom. The fourth-order valence-corrected chi connectivity index (χ4v) is 1.31. The number of carbonyl (C=O) groups is 2. The Labute approximate surface area is 115 Å². The zero-order chi connectivity index (χ0) is 11.7. The first-order chi connectivity index (χ1) is 7.13. The van der Waals surface area contributed by atoms with E-state index in [1.54, 1.807) is 0 Å². The van der Waals surface area contributed by atoms with E-state index in [2.05, 4.69) is 0 Å². The molecule has 0 N–H and O–H groups in total. The van der Waals surface area contributed by atoms with Crippen LogP contribution >= 0.6 is 0 Å². The summed E-state index contributed by atoms with van der Waals surface area (Å²) in [6, 6.07) is 0. The third kappa shape index (κ3) is 8.13. The van der Waals surface area contributed by atoms with Crippen LogP contribution in [0, 0.1) is 5.92 Å². The summed E-state index contributed by atoms with van der Waals surface area (Å²) < 4.78 is 5.04. The van der Waals surface area contributed by atoms with E-state index in [0.29, 0.717) is 13.0 Å². The van der Waals surface area contributed by atoms with Gasteiger partial charge >= 0.3 is 29.9 Å². The first kappa shape index (κ1) is 18.3. The first-order valence-electron chi connectivity index (χ1n) is 5.80. The van der Waals surface area contributed by atoms with Gasteiger partial charge in [0, 0.05) is 0 Å². The molecule has 16 heavy (non-hydrogen) atoms. The molecule has 0 bridgehead atoms. The van der Waals surface area contributed by atoms with E-state index in [9.17, 15) is 9.59 Å². The molecule has 94 valence electrons. The average Bonchev–Trinajstić information content (AvgIpc) is 2.18. The third-order valence-electron chi connectivity index (χ3n) is 2.36. The van der Waals surface area contributed by atoms with Crippen molar-refractivity contribution in [3.8, 4) is 0 Å². The minimum absolute atomic E-state index is 0. The van der Waals surface area contributed by atoms with Crippen molar-refractivity contribution in [1.29, 1.82) is 0 Å². The van der Waals surface area contributed by atoms with Crippen LogP contribution in [0.1, 0.15) is 52.9 Å². The van der Waals surface area contributed by atoms with Crippen LogP contribution in [0.4, 0.5) is 0 Å². The SMILES string of the molecule is CCCCOC(=O)C(CCCC)C(C)=O.[SnH2]. The van der Waals surface area contributed by atoms with Crippen LogP contribution in [0.2, 0.25) is 0 Å². The zero-order valence-corrected chi connectivity index (χ0v) is 14.8. The van der Waals surface area contributed by atoms with Crippen molar-refractivity contribution in [2.75, 3.05) is 6.61 Å². The summed E-state index contributed by atoms with van der Waals surface area (Å²) >= 11 is 0. The Morgan fingerprint density at radius 1 is 1.12 bits per heavy atom. The molecule has 3 nitrogen and oxygen atoms in total. The van der Waals surface area contributed by atoms with Crippen molar-refractivity contribution in [2.24, 2.45) is 5.92 Å². The maximum atomic E-state index is 11.5. The van der Waals surface area contributed by atoms with Gasteiger partial charge in [-0.1, -0.05) is 33.1 Å². The zero-order valence-electron chi connectivity index (χ0n) is 10.8. The molecule has 0 aliphatic rings. The third-order valence-corrected chi connectivity index (χ3v) is 2.36. The van der Waals surface area contributed by atoms with Crippen molar-refractivity contribution in [2.45, 2.75) is 52.9 Å². The van der Waals surface area contributed by atoms with Gasteiger partial charge in [0.25, 0.3) is 0 Å². The molecule has 0 saturated carbocycles. The van der Waals surface area contributed by atoms with Gasteiger partial charge in [0.15, 0.2) is 0 Å². The van der Waals surface area contributed by atoms with Gasteiger partial charge in [-0.25, -0.2) is 0 Å². The van der Waals surface area contributed by atoms with Crippen LogP contribution in [-0.2, 0) is 14.3 Å². The summed E-state index contributed by atoms with van der Waals surface area (Å²) in [7, 11) is 0. The van der Waals surface area contributed by atoms with E-state index in [1.807, 2.05) is 13.8 Å². The number of ketones is 1. The van der Waals surface area contributed by atoms with Gasteiger partial charge in [-0.15, -0.1) is 0 Å². The number of hydrogen-bond acceptors (Lipinski definition) is 3. The van der Waals surface area contributed by atoms with Crippen LogP contribution in [0.5, 0.6) is 0 Å². The fourth-order valence-electron chi connectivity index (χ4n) is 1.31. The Kier molecular flexibility index (Phi) is 13.1. The van der Waals surface area contributed by atoms with Crippen molar-refractivity contribution in [1.82, 2.24) is 0 Å². The summed E-state index contributed by atoms with van der Waals surface area (Å²) in [6.07, 6.45) is 4.37. The van der Waals surface area contributed by atoms with Gasteiger partial charge in [0.05, 0.1) is 6.61 Å². The molecule has 0 heterocycles. The van der Waals surface area contributed by atoms with Crippen molar-refractivity contribution in [3.05, 3.63) is 0 Å². The van der Waals surface area contributed by atoms with E-state index in [0.717, 1.165) is 25.7 Å². The van der Waals surface area contributed by atoms with Crippen molar-refractivity contribution < 1.29 is 14.3 Å². The molecule has 2 radical (unpaired) electrons. The average molecular weight is 335 g/mol. The molecular weight excluding hydrogens is 311 g/mol. The molecule has 0 fully saturated rings. The Hall–Kier alpha value is -0.0613. The van der Waals surface area contributed by atoms with Gasteiger partial charge in [-0.2, -0.15) is 0 Å². The number of ether oxygens (including phenoxy) is 1. The normalized spacial score (nSPS) is 11.4. The summed E-state index contributed by atoms with van der Waals surface area (Å²) in [5.41, 5.74) is 0. The van der Waals surface area contributed by atoms with E-state index in [4.69, 9.17) is 4.74 Å². The van der Waals surface area contributed by atoms with E-state index in [1.165, 1.54) is 6.92 Å². The predicted octanol–water partition coefficient (Wildman–Crippen LogP) is 1.81. The number of hydrogen-bond donors (Lipinski definition) is 0. The second-order valence-corrected chi connectivity index (χ2v) is 3.83. The van der Waals surface area contributed by atoms with E-state index in [-0.39, 0.29) is 35.7 Å². The van der Waals surface area contributed by atoms with Crippen molar-refractivity contribution >= 4 is 35.7 Å². The number of esters is 1. The Balaban J connectivity index is 0. The standard InChI is InChI=1S/C12H22O3.Sn.2H/c1-4-6-8-11(10(3)13)12(14)15-9-7-5-2;;;/h11H,4-9H2,1-3H3;;;. The second kappa shape index (κ2) is 11.4. The molecule has 0 aromatic carbocycles.